The fraction of sp³-hybridized carbons (Fsp3) is 0.368. The summed E-state index contributed by atoms with van der Waals surface area (Å²) in [6.45, 7) is 0.578. The van der Waals surface area contributed by atoms with Crippen molar-refractivity contribution in [1.29, 1.82) is 0 Å². The molecule has 1 fully saturated rings. The van der Waals surface area contributed by atoms with Gasteiger partial charge in [0.05, 0.1) is 29.7 Å². The molecule has 4 rings (SSSR count). The second-order valence-electron chi connectivity index (χ2n) is 6.85. The third kappa shape index (κ3) is 3.07. The van der Waals surface area contributed by atoms with Crippen LogP contribution in [0, 0.1) is 0 Å². The second-order valence-corrected chi connectivity index (χ2v) is 6.85. The maximum atomic E-state index is 12.7. The Morgan fingerprint density at radius 1 is 1.19 bits per heavy atom. The Labute approximate surface area is 156 Å². The molecule has 0 radical (unpaired) electrons. The monoisotopic (exact) mass is 368 g/mol. The molecule has 27 heavy (non-hydrogen) atoms. The largest absolute Gasteiger partial charge is 0.480 e. The highest BCUT2D eigenvalue weighted by Gasteiger charge is 2.37. The summed E-state index contributed by atoms with van der Waals surface area (Å²) < 4.78 is 1.71. The Bertz CT molecular complexity index is 892. The lowest BCUT2D eigenvalue weighted by Gasteiger charge is -2.34. The number of likely N-dealkylation sites (tertiary alicyclic amines) is 1. The van der Waals surface area contributed by atoms with Gasteiger partial charge in [0.1, 0.15) is 12.6 Å². The molecule has 0 saturated carbocycles. The van der Waals surface area contributed by atoms with Crippen LogP contribution in [0.2, 0.25) is 0 Å². The van der Waals surface area contributed by atoms with Crippen LogP contribution in [0.1, 0.15) is 35.3 Å². The summed E-state index contributed by atoms with van der Waals surface area (Å²) in [5, 5.41) is 13.6. The first-order valence-corrected chi connectivity index (χ1v) is 9.00. The highest BCUT2D eigenvalue weighted by molar-refractivity contribution is 6.00. The van der Waals surface area contributed by atoms with Crippen molar-refractivity contribution in [2.24, 2.45) is 0 Å². The molecule has 3 heterocycles. The zero-order valence-electron chi connectivity index (χ0n) is 14.7. The lowest BCUT2D eigenvalue weighted by atomic mass is 10.0. The number of carboxylic acid groups (broad SMARTS) is 1. The first kappa shape index (κ1) is 17.3. The average Bonchev–Trinajstić information content (AvgIpc) is 3.23. The number of amides is 2. The van der Waals surface area contributed by atoms with Gasteiger partial charge in [-0.1, -0.05) is 18.2 Å². The molecule has 2 amide bonds. The normalized spacial score (nSPS) is 19.3. The molecule has 8 nitrogen and oxygen atoms in total. The van der Waals surface area contributed by atoms with E-state index in [2.05, 4.69) is 5.10 Å². The molecule has 1 aromatic carbocycles. The first-order chi connectivity index (χ1) is 13.1. The number of hydrogen-bond acceptors (Lipinski definition) is 4. The number of nitrogens with zero attached hydrogens (tertiary/aromatic N) is 4. The SMILES string of the molecule is O=C(O)[C@H]1CCCCN1C(=O)CN1Cc2c(cnn2-c2ccccc2)C1=O. The van der Waals surface area contributed by atoms with Gasteiger partial charge in [0.15, 0.2) is 0 Å². The minimum Gasteiger partial charge on any atom is -0.480 e. The molecule has 1 saturated heterocycles. The first-order valence-electron chi connectivity index (χ1n) is 9.00. The summed E-state index contributed by atoms with van der Waals surface area (Å²) in [7, 11) is 0. The van der Waals surface area contributed by atoms with Crippen LogP contribution in [-0.2, 0) is 16.1 Å². The van der Waals surface area contributed by atoms with Crippen molar-refractivity contribution in [1.82, 2.24) is 19.6 Å². The number of rotatable bonds is 4. The molecule has 1 N–H and O–H groups in total. The highest BCUT2D eigenvalue weighted by Crippen LogP contribution is 2.26. The van der Waals surface area contributed by atoms with Crippen molar-refractivity contribution in [3.63, 3.8) is 0 Å². The molecule has 1 atom stereocenters. The lowest BCUT2D eigenvalue weighted by Crippen LogP contribution is -2.51. The van der Waals surface area contributed by atoms with Gasteiger partial charge in [0.25, 0.3) is 5.91 Å². The van der Waals surface area contributed by atoms with Gasteiger partial charge in [-0.15, -0.1) is 0 Å². The minimum absolute atomic E-state index is 0.119. The van der Waals surface area contributed by atoms with E-state index in [1.54, 1.807) is 4.68 Å². The third-order valence-corrected chi connectivity index (χ3v) is 5.16. The van der Waals surface area contributed by atoms with Gasteiger partial charge in [-0.25, -0.2) is 9.48 Å². The van der Waals surface area contributed by atoms with Crippen molar-refractivity contribution in [2.75, 3.05) is 13.1 Å². The van der Waals surface area contributed by atoms with Crippen LogP contribution < -0.4 is 0 Å². The number of aromatic nitrogens is 2. The summed E-state index contributed by atoms with van der Waals surface area (Å²) in [5.74, 6) is -1.55. The van der Waals surface area contributed by atoms with E-state index in [0.29, 0.717) is 18.5 Å². The van der Waals surface area contributed by atoms with E-state index in [1.807, 2.05) is 30.3 Å². The van der Waals surface area contributed by atoms with Gasteiger partial charge < -0.3 is 14.9 Å². The Morgan fingerprint density at radius 2 is 1.96 bits per heavy atom. The second kappa shape index (κ2) is 6.86. The van der Waals surface area contributed by atoms with Crippen molar-refractivity contribution < 1.29 is 19.5 Å². The van der Waals surface area contributed by atoms with Gasteiger partial charge in [-0.3, -0.25) is 9.59 Å². The van der Waals surface area contributed by atoms with Crippen LogP contribution in [0.5, 0.6) is 0 Å². The van der Waals surface area contributed by atoms with E-state index in [-0.39, 0.29) is 24.9 Å². The number of piperidine rings is 1. The molecule has 1 aromatic heterocycles. The Morgan fingerprint density at radius 3 is 2.70 bits per heavy atom. The van der Waals surface area contributed by atoms with E-state index in [1.165, 1.54) is 16.0 Å². The summed E-state index contributed by atoms with van der Waals surface area (Å²) in [6, 6.07) is 8.69. The molecule has 2 aromatic rings. The van der Waals surface area contributed by atoms with E-state index >= 15 is 0 Å². The van der Waals surface area contributed by atoms with Crippen LogP contribution in [0.15, 0.2) is 36.5 Å². The quantitative estimate of drug-likeness (QED) is 0.877. The van der Waals surface area contributed by atoms with Gasteiger partial charge in [0, 0.05) is 6.54 Å². The fourth-order valence-corrected chi connectivity index (χ4v) is 3.79. The molecular weight excluding hydrogens is 348 g/mol. The molecule has 0 spiro atoms. The standard InChI is InChI=1S/C19H20N4O4/c24-17(22-9-5-4-8-15(22)19(26)27)12-21-11-16-14(18(21)25)10-20-23(16)13-6-2-1-3-7-13/h1-3,6-7,10,15H,4-5,8-9,11-12H2,(H,26,27)/t15-/m1/s1. The predicted octanol–water partition coefficient (Wildman–Crippen LogP) is 1.29. The molecule has 2 aliphatic heterocycles. The molecule has 0 aliphatic carbocycles. The highest BCUT2D eigenvalue weighted by atomic mass is 16.4. The summed E-state index contributed by atoms with van der Waals surface area (Å²) in [6.07, 6.45) is 3.56. The molecule has 2 aliphatic rings. The molecule has 8 heteroatoms. The number of carbonyl (C=O) groups excluding carboxylic acids is 2. The molecule has 0 bridgehead atoms. The van der Waals surface area contributed by atoms with Crippen LogP contribution in [0.25, 0.3) is 5.69 Å². The number of carboxylic acids is 1. The van der Waals surface area contributed by atoms with Gasteiger partial charge in [-0.2, -0.15) is 5.10 Å². The number of benzene rings is 1. The van der Waals surface area contributed by atoms with Crippen molar-refractivity contribution in [3.8, 4) is 5.69 Å². The number of fused-ring (bicyclic) bond motifs is 1. The van der Waals surface area contributed by atoms with Crippen LogP contribution in [-0.4, -0.2) is 61.6 Å². The minimum atomic E-state index is -0.987. The van der Waals surface area contributed by atoms with Gasteiger partial charge >= 0.3 is 5.97 Å². The Kier molecular flexibility index (Phi) is 4.39. The summed E-state index contributed by atoms with van der Waals surface area (Å²) in [4.78, 5) is 39.6. The van der Waals surface area contributed by atoms with Gasteiger partial charge in [0.2, 0.25) is 5.91 Å². The average molecular weight is 368 g/mol. The van der Waals surface area contributed by atoms with Gasteiger partial charge in [-0.05, 0) is 31.4 Å². The zero-order chi connectivity index (χ0) is 19.0. The van der Waals surface area contributed by atoms with Crippen LogP contribution >= 0.6 is 0 Å². The lowest BCUT2D eigenvalue weighted by molar-refractivity contribution is -0.152. The van der Waals surface area contributed by atoms with E-state index in [9.17, 15) is 19.5 Å². The van der Waals surface area contributed by atoms with Crippen LogP contribution in [0.4, 0.5) is 0 Å². The Balaban J connectivity index is 1.51. The van der Waals surface area contributed by atoms with Crippen LogP contribution in [0.3, 0.4) is 0 Å². The maximum absolute atomic E-state index is 12.7. The summed E-state index contributed by atoms with van der Waals surface area (Å²) in [5.41, 5.74) is 2.08. The number of hydrogen-bond donors (Lipinski definition) is 1. The fourth-order valence-electron chi connectivity index (χ4n) is 3.79. The molecule has 140 valence electrons. The number of carbonyl (C=O) groups is 3. The van der Waals surface area contributed by atoms with E-state index < -0.39 is 12.0 Å². The smallest absolute Gasteiger partial charge is 0.326 e. The van der Waals surface area contributed by atoms with Crippen molar-refractivity contribution >= 4 is 17.8 Å². The number of aliphatic carboxylic acids is 1. The molecule has 0 unspecified atom stereocenters. The maximum Gasteiger partial charge on any atom is 0.326 e. The topological polar surface area (TPSA) is 95.7 Å². The zero-order valence-corrected chi connectivity index (χ0v) is 14.7. The Hall–Kier alpha value is -3.16. The third-order valence-electron chi connectivity index (χ3n) is 5.16. The molecular formula is C19H20N4O4. The summed E-state index contributed by atoms with van der Waals surface area (Å²) >= 11 is 0. The number of para-hydroxylation sites is 1. The van der Waals surface area contributed by atoms with E-state index in [0.717, 1.165) is 24.2 Å². The van der Waals surface area contributed by atoms with Crippen molar-refractivity contribution in [2.45, 2.75) is 31.8 Å². The van der Waals surface area contributed by atoms with E-state index in [4.69, 9.17) is 0 Å². The van der Waals surface area contributed by atoms with Crippen molar-refractivity contribution in [3.05, 3.63) is 47.8 Å². The predicted molar refractivity (Wildman–Crippen MR) is 95.3 cm³/mol.